The summed E-state index contributed by atoms with van der Waals surface area (Å²) in [6.45, 7) is 3.00. The third kappa shape index (κ3) is 5.66. The number of hydrogen-bond acceptors (Lipinski definition) is 5. The molecule has 5 N–H and O–H groups in total. The molecule has 9 nitrogen and oxygen atoms in total. The number of H-pyrrole nitrogens is 1. The molecule has 0 aliphatic carbocycles. The van der Waals surface area contributed by atoms with Gasteiger partial charge in [-0.1, -0.05) is 26.2 Å². The number of aromatic amines is 1. The molecule has 0 aliphatic rings. The van der Waals surface area contributed by atoms with Gasteiger partial charge in [0.15, 0.2) is 11.2 Å². The first kappa shape index (κ1) is 17.4. The van der Waals surface area contributed by atoms with Gasteiger partial charge in [0, 0.05) is 6.54 Å². The van der Waals surface area contributed by atoms with Crippen molar-refractivity contribution >= 4 is 25.4 Å². The summed E-state index contributed by atoms with van der Waals surface area (Å²) >= 11 is 0. The van der Waals surface area contributed by atoms with Crippen LogP contribution in [0.15, 0.2) is 11.1 Å². The summed E-state index contributed by atoms with van der Waals surface area (Å²) in [5.41, 5.74) is 6.17. The summed E-state index contributed by atoms with van der Waals surface area (Å²) in [7, 11) is -3.13. The van der Waals surface area contributed by atoms with Crippen molar-refractivity contribution in [1.82, 2.24) is 19.5 Å². The lowest BCUT2D eigenvalue weighted by molar-refractivity contribution is 0.405. The van der Waals surface area contributed by atoms with E-state index in [1.165, 1.54) is 19.3 Å². The molecule has 0 bridgehead atoms. The van der Waals surface area contributed by atoms with Crippen molar-refractivity contribution in [3.8, 4) is 0 Å². The van der Waals surface area contributed by atoms with Crippen LogP contribution in [-0.4, -0.2) is 29.3 Å². The molecule has 0 aliphatic heterocycles. The van der Waals surface area contributed by atoms with Crippen molar-refractivity contribution < 1.29 is 14.4 Å². The lowest BCUT2D eigenvalue weighted by Gasteiger charge is -2.03. The Bertz CT molecular complexity index is 650. The maximum atomic E-state index is 11.5. The summed E-state index contributed by atoms with van der Waals surface area (Å²) in [5, 5.41) is 0. The number of nitrogen functional groups attached to an aromatic ring is 1. The van der Waals surface area contributed by atoms with Gasteiger partial charge in [-0.3, -0.25) is 14.3 Å². The van der Waals surface area contributed by atoms with Gasteiger partial charge in [-0.05, 0) is 6.42 Å². The fraction of sp³-hybridized carbons (Fsp3) is 0.545. The SMILES string of the molecule is CCCCCCn1cnc2c(=O)[nH]c(N)nc21.O=[PH](O)O. The van der Waals surface area contributed by atoms with Gasteiger partial charge in [0.25, 0.3) is 5.56 Å². The Balaban J connectivity index is 0.000000491. The first-order valence-corrected chi connectivity index (χ1v) is 7.88. The summed E-state index contributed by atoms with van der Waals surface area (Å²) in [4.78, 5) is 36.5. The van der Waals surface area contributed by atoms with E-state index in [0.29, 0.717) is 11.2 Å². The molecule has 0 spiro atoms. The molecule has 2 aromatic heterocycles. The molecule has 2 rings (SSSR count). The largest absolute Gasteiger partial charge is 0.369 e. The quantitative estimate of drug-likeness (QED) is 0.467. The maximum absolute atomic E-state index is 11.5. The molecule has 0 unspecified atom stereocenters. The highest BCUT2D eigenvalue weighted by molar-refractivity contribution is 7.30. The molecule has 0 radical (unpaired) electrons. The van der Waals surface area contributed by atoms with Gasteiger partial charge < -0.3 is 20.1 Å². The van der Waals surface area contributed by atoms with Gasteiger partial charge in [-0.15, -0.1) is 0 Å². The molecule has 0 aromatic carbocycles. The van der Waals surface area contributed by atoms with Crippen molar-refractivity contribution in [3.63, 3.8) is 0 Å². The molecular weight excluding hydrogens is 297 g/mol. The maximum Gasteiger partial charge on any atom is 0.314 e. The lowest BCUT2D eigenvalue weighted by Crippen LogP contribution is -2.12. The van der Waals surface area contributed by atoms with Crippen LogP contribution in [0.2, 0.25) is 0 Å². The average molecular weight is 317 g/mol. The topological polar surface area (TPSA) is 147 Å². The predicted octanol–water partition coefficient (Wildman–Crippen LogP) is 0.643. The van der Waals surface area contributed by atoms with E-state index < -0.39 is 8.25 Å². The number of nitrogens with zero attached hydrogens (tertiary/aromatic N) is 3. The van der Waals surface area contributed by atoms with Crippen LogP contribution in [0.5, 0.6) is 0 Å². The fourth-order valence-electron chi connectivity index (χ4n) is 1.84. The number of rotatable bonds is 5. The monoisotopic (exact) mass is 317 g/mol. The highest BCUT2D eigenvalue weighted by Crippen LogP contribution is 2.09. The highest BCUT2D eigenvalue weighted by atomic mass is 31.1. The van der Waals surface area contributed by atoms with Crippen LogP contribution < -0.4 is 11.3 Å². The Morgan fingerprint density at radius 1 is 1.38 bits per heavy atom. The van der Waals surface area contributed by atoms with Gasteiger partial charge in [0.1, 0.15) is 0 Å². The zero-order valence-electron chi connectivity index (χ0n) is 11.7. The highest BCUT2D eigenvalue weighted by Gasteiger charge is 2.08. The fourth-order valence-corrected chi connectivity index (χ4v) is 1.84. The van der Waals surface area contributed by atoms with E-state index in [9.17, 15) is 4.79 Å². The number of anilines is 1. The van der Waals surface area contributed by atoms with E-state index in [2.05, 4.69) is 21.9 Å². The van der Waals surface area contributed by atoms with Crippen LogP contribution in [0.4, 0.5) is 5.95 Å². The molecule has 0 amide bonds. The smallest absolute Gasteiger partial charge is 0.314 e. The van der Waals surface area contributed by atoms with Crippen molar-refractivity contribution in [2.24, 2.45) is 0 Å². The molecule has 0 saturated carbocycles. The minimum atomic E-state index is -3.13. The van der Waals surface area contributed by atoms with Crippen LogP contribution in [0, 0.1) is 0 Å². The predicted molar refractivity (Wildman–Crippen MR) is 80.1 cm³/mol. The van der Waals surface area contributed by atoms with E-state index in [-0.39, 0.29) is 11.5 Å². The summed E-state index contributed by atoms with van der Waals surface area (Å²) in [6, 6.07) is 0. The van der Waals surface area contributed by atoms with E-state index in [0.717, 1.165) is 13.0 Å². The Morgan fingerprint density at radius 2 is 2.05 bits per heavy atom. The Labute approximate surface area is 121 Å². The molecule has 21 heavy (non-hydrogen) atoms. The summed E-state index contributed by atoms with van der Waals surface area (Å²) in [5.74, 6) is 0.137. The number of nitrogens with one attached hydrogen (secondary N) is 1. The Hall–Kier alpha value is -1.70. The minimum Gasteiger partial charge on any atom is -0.369 e. The van der Waals surface area contributed by atoms with Crippen LogP contribution in [0.3, 0.4) is 0 Å². The van der Waals surface area contributed by atoms with E-state index in [4.69, 9.17) is 20.1 Å². The first-order valence-electron chi connectivity index (χ1n) is 6.58. The van der Waals surface area contributed by atoms with Crippen molar-refractivity contribution in [1.29, 1.82) is 0 Å². The van der Waals surface area contributed by atoms with Gasteiger partial charge >= 0.3 is 8.25 Å². The number of imidazole rings is 1. The standard InChI is InChI=1S/C11H17N5O.H3O3P/c1-2-3-4-5-6-16-7-13-8-9(16)14-11(12)15-10(8)17;1-4(2)3/h7H,2-6H2,1H3,(H3,12,14,15,17);4H,(H2,1,2,3). The third-order valence-electron chi connectivity index (χ3n) is 2.75. The lowest BCUT2D eigenvalue weighted by atomic mass is 10.2. The number of fused-ring (bicyclic) bond motifs is 1. The molecular formula is C11H20N5O4P. The molecule has 118 valence electrons. The van der Waals surface area contributed by atoms with Crippen molar-refractivity contribution in [2.75, 3.05) is 5.73 Å². The third-order valence-corrected chi connectivity index (χ3v) is 2.75. The average Bonchev–Trinajstić information content (AvgIpc) is 2.77. The molecule has 0 fully saturated rings. The van der Waals surface area contributed by atoms with Crippen LogP contribution in [0.25, 0.3) is 11.2 Å². The Morgan fingerprint density at radius 3 is 2.67 bits per heavy atom. The molecule has 10 heteroatoms. The van der Waals surface area contributed by atoms with E-state index in [1.54, 1.807) is 6.33 Å². The summed E-state index contributed by atoms with van der Waals surface area (Å²) < 4.78 is 10.6. The van der Waals surface area contributed by atoms with Crippen molar-refractivity contribution in [3.05, 3.63) is 16.7 Å². The number of aryl methyl sites for hydroxylation is 1. The van der Waals surface area contributed by atoms with Crippen LogP contribution in [-0.2, 0) is 11.1 Å². The van der Waals surface area contributed by atoms with Crippen LogP contribution >= 0.6 is 8.25 Å². The van der Waals surface area contributed by atoms with Crippen LogP contribution in [0.1, 0.15) is 32.6 Å². The second-order valence-electron chi connectivity index (χ2n) is 4.40. The second-order valence-corrected chi connectivity index (χ2v) is 4.97. The number of unbranched alkanes of at least 4 members (excludes halogenated alkanes) is 3. The molecule has 0 saturated heterocycles. The van der Waals surface area contributed by atoms with Crippen molar-refractivity contribution in [2.45, 2.75) is 39.2 Å². The van der Waals surface area contributed by atoms with Gasteiger partial charge in [-0.25, -0.2) is 4.98 Å². The van der Waals surface area contributed by atoms with E-state index >= 15 is 0 Å². The molecule has 0 atom stereocenters. The minimum absolute atomic E-state index is 0.137. The summed E-state index contributed by atoms with van der Waals surface area (Å²) in [6.07, 6.45) is 6.32. The Kier molecular flexibility index (Phi) is 7.07. The number of nitrogens with two attached hydrogens (primary N) is 1. The molecule has 2 aromatic rings. The van der Waals surface area contributed by atoms with Gasteiger partial charge in [-0.2, -0.15) is 4.98 Å². The van der Waals surface area contributed by atoms with Gasteiger partial charge in [0.05, 0.1) is 6.33 Å². The van der Waals surface area contributed by atoms with Gasteiger partial charge in [0.2, 0.25) is 5.95 Å². The zero-order chi connectivity index (χ0) is 15.8. The normalized spacial score (nSPS) is 10.7. The second kappa shape index (κ2) is 8.56. The first-order chi connectivity index (χ1) is 9.95. The number of hydrogen-bond donors (Lipinski definition) is 4. The molecule has 2 heterocycles. The zero-order valence-corrected chi connectivity index (χ0v) is 12.7. The van der Waals surface area contributed by atoms with E-state index in [1.807, 2.05) is 4.57 Å². The number of aromatic nitrogens is 4.